The summed E-state index contributed by atoms with van der Waals surface area (Å²) in [6.07, 6.45) is 0. The summed E-state index contributed by atoms with van der Waals surface area (Å²) < 4.78 is 9.81. The van der Waals surface area contributed by atoms with E-state index in [0.717, 1.165) is 5.56 Å². The maximum Gasteiger partial charge on any atom is 0.337 e. The Morgan fingerprint density at radius 3 is 2.44 bits per heavy atom. The fourth-order valence-corrected chi connectivity index (χ4v) is 6.15. The summed E-state index contributed by atoms with van der Waals surface area (Å²) in [6, 6.07) is 6.68. The van der Waals surface area contributed by atoms with Gasteiger partial charge in [-0.1, -0.05) is 23.9 Å². The molecule has 3 heterocycles. The van der Waals surface area contributed by atoms with Crippen LogP contribution in [0.5, 0.6) is 0 Å². The highest BCUT2D eigenvalue weighted by molar-refractivity contribution is 8.13. The van der Waals surface area contributed by atoms with E-state index in [1.54, 1.807) is 26.0 Å². The van der Waals surface area contributed by atoms with Gasteiger partial charge in [0, 0.05) is 12.3 Å². The Hall–Kier alpha value is -2.88. The molecule has 9 nitrogen and oxygen atoms in total. The van der Waals surface area contributed by atoms with Crippen molar-refractivity contribution in [1.29, 1.82) is 0 Å². The van der Waals surface area contributed by atoms with Gasteiger partial charge in [-0.2, -0.15) is 0 Å². The van der Waals surface area contributed by atoms with Gasteiger partial charge in [0.25, 0.3) is 0 Å². The first-order valence-corrected chi connectivity index (χ1v) is 11.4. The third-order valence-electron chi connectivity index (χ3n) is 6.57. The summed E-state index contributed by atoms with van der Waals surface area (Å²) >= 11 is 1.43. The molecule has 10 heteroatoms. The van der Waals surface area contributed by atoms with E-state index in [-0.39, 0.29) is 24.4 Å². The van der Waals surface area contributed by atoms with Crippen LogP contribution >= 0.6 is 11.8 Å². The molecule has 0 aliphatic carbocycles. The number of fused-ring (bicyclic) bond motifs is 3. The Morgan fingerprint density at radius 2 is 1.84 bits per heavy atom. The van der Waals surface area contributed by atoms with E-state index in [9.17, 15) is 19.2 Å². The maximum atomic E-state index is 13.1. The number of nitrogens with zero attached hydrogens (tertiary/aromatic N) is 3. The van der Waals surface area contributed by atoms with E-state index >= 15 is 0 Å². The van der Waals surface area contributed by atoms with Crippen LogP contribution in [0.1, 0.15) is 29.8 Å². The van der Waals surface area contributed by atoms with Gasteiger partial charge >= 0.3 is 11.9 Å². The molecule has 0 unspecified atom stereocenters. The predicted molar refractivity (Wildman–Crippen MR) is 117 cm³/mol. The minimum Gasteiger partial charge on any atom is -0.467 e. The Bertz CT molecular complexity index is 1010. The van der Waals surface area contributed by atoms with Crippen LogP contribution in [0.25, 0.3) is 0 Å². The molecule has 4 rings (SSSR count). The molecule has 170 valence electrons. The number of carbonyl (C=O) groups is 4. The molecule has 2 saturated heterocycles. The van der Waals surface area contributed by atoms with Crippen LogP contribution in [0.4, 0.5) is 0 Å². The summed E-state index contributed by atoms with van der Waals surface area (Å²) in [7, 11) is 2.62. The molecule has 1 aromatic carbocycles. The van der Waals surface area contributed by atoms with Crippen molar-refractivity contribution in [3.63, 3.8) is 0 Å². The average Bonchev–Trinajstić information content (AvgIpc) is 3.42. The lowest BCUT2D eigenvalue weighted by molar-refractivity contribution is -0.156. The SMILES string of the molecule is CCN1C(=O)[C@H]2[C@H]3CN=C(SCc4ccc(C(=O)OC)cc4)N3[C@@](C)(C(=O)OC)[C@H]2C1=O. The van der Waals surface area contributed by atoms with Crippen LogP contribution in [0.2, 0.25) is 0 Å². The summed E-state index contributed by atoms with van der Waals surface area (Å²) in [6.45, 7) is 4.04. The van der Waals surface area contributed by atoms with Crippen LogP contribution in [0, 0.1) is 11.8 Å². The zero-order valence-corrected chi connectivity index (χ0v) is 19.2. The molecule has 0 saturated carbocycles. The van der Waals surface area contributed by atoms with Gasteiger partial charge in [0.2, 0.25) is 11.8 Å². The molecule has 4 atom stereocenters. The number of hydrogen-bond donors (Lipinski definition) is 0. The Balaban J connectivity index is 1.58. The second-order valence-corrected chi connectivity index (χ2v) is 9.04. The van der Waals surface area contributed by atoms with Crippen molar-refractivity contribution >= 4 is 40.7 Å². The van der Waals surface area contributed by atoms with Gasteiger partial charge in [0.15, 0.2) is 5.17 Å². The zero-order chi connectivity index (χ0) is 23.2. The van der Waals surface area contributed by atoms with Crippen LogP contribution in [-0.2, 0) is 29.6 Å². The predicted octanol–water partition coefficient (Wildman–Crippen LogP) is 1.31. The quantitative estimate of drug-likeness (QED) is 0.479. The van der Waals surface area contributed by atoms with E-state index in [4.69, 9.17) is 9.47 Å². The highest BCUT2D eigenvalue weighted by atomic mass is 32.2. The molecule has 1 aromatic rings. The standard InChI is InChI=1S/C22H25N3O6S/c1-5-24-17(26)15-14-10-23-21(25(14)22(2,20(29)31-4)16(15)18(24)27)32-11-12-6-8-13(9-7-12)19(28)30-3/h6-9,14-16H,5,10-11H2,1-4H3/t14-,15+,16-,22-/m1/s1. The number of thioether (sulfide) groups is 1. The molecular weight excluding hydrogens is 434 g/mol. The number of aliphatic imine (C=N–C) groups is 1. The van der Waals surface area contributed by atoms with E-state index in [0.29, 0.717) is 23.0 Å². The number of ether oxygens (including phenoxy) is 2. The molecule has 0 aromatic heterocycles. The van der Waals surface area contributed by atoms with Crippen LogP contribution in [0.15, 0.2) is 29.3 Å². The van der Waals surface area contributed by atoms with Crippen molar-refractivity contribution in [2.24, 2.45) is 16.8 Å². The first-order chi connectivity index (χ1) is 15.3. The van der Waals surface area contributed by atoms with Crippen molar-refractivity contribution in [2.45, 2.75) is 31.2 Å². The van der Waals surface area contributed by atoms with Crippen molar-refractivity contribution in [3.05, 3.63) is 35.4 Å². The normalized spacial score (nSPS) is 28.5. The highest BCUT2D eigenvalue weighted by Gasteiger charge is 2.71. The monoisotopic (exact) mass is 459 g/mol. The molecule has 0 spiro atoms. The number of rotatable bonds is 5. The van der Waals surface area contributed by atoms with Crippen molar-refractivity contribution in [1.82, 2.24) is 9.80 Å². The number of likely N-dealkylation sites (tertiary alicyclic amines) is 1. The maximum absolute atomic E-state index is 13.1. The third-order valence-corrected chi connectivity index (χ3v) is 7.63. The number of imide groups is 1. The molecule has 0 N–H and O–H groups in total. The fourth-order valence-electron chi connectivity index (χ4n) is 5.03. The summed E-state index contributed by atoms with van der Waals surface area (Å²) in [5, 5.41) is 0.609. The van der Waals surface area contributed by atoms with Gasteiger partial charge in [-0.3, -0.25) is 19.5 Å². The largest absolute Gasteiger partial charge is 0.467 e. The van der Waals surface area contributed by atoms with E-state index in [1.807, 2.05) is 17.0 Å². The van der Waals surface area contributed by atoms with Gasteiger partial charge in [-0.25, -0.2) is 9.59 Å². The van der Waals surface area contributed by atoms with Crippen LogP contribution < -0.4 is 0 Å². The molecule has 0 radical (unpaired) electrons. The summed E-state index contributed by atoms with van der Waals surface area (Å²) in [4.78, 5) is 58.3. The van der Waals surface area contributed by atoms with Gasteiger partial charge in [-0.05, 0) is 31.5 Å². The first-order valence-electron chi connectivity index (χ1n) is 10.4. The summed E-state index contributed by atoms with van der Waals surface area (Å²) in [5.74, 6) is -2.39. The van der Waals surface area contributed by atoms with Crippen molar-refractivity contribution in [3.8, 4) is 0 Å². The van der Waals surface area contributed by atoms with Gasteiger partial charge in [0.1, 0.15) is 5.54 Å². The fraction of sp³-hybridized carbons (Fsp3) is 0.500. The van der Waals surface area contributed by atoms with Crippen molar-refractivity contribution in [2.75, 3.05) is 27.3 Å². The third kappa shape index (κ3) is 3.11. The van der Waals surface area contributed by atoms with Crippen LogP contribution in [0.3, 0.4) is 0 Å². The lowest BCUT2D eigenvalue weighted by Gasteiger charge is -2.37. The Labute approximate surface area is 190 Å². The average molecular weight is 460 g/mol. The van der Waals surface area contributed by atoms with Gasteiger partial charge in [-0.15, -0.1) is 0 Å². The zero-order valence-electron chi connectivity index (χ0n) is 18.4. The minimum absolute atomic E-state index is 0.245. The molecule has 32 heavy (non-hydrogen) atoms. The molecular formula is C22H25N3O6S. The topological polar surface area (TPSA) is 106 Å². The van der Waals surface area contributed by atoms with E-state index in [2.05, 4.69) is 4.99 Å². The second-order valence-electron chi connectivity index (χ2n) is 8.10. The number of hydrogen-bond acceptors (Lipinski definition) is 9. The molecule has 0 bridgehead atoms. The Morgan fingerprint density at radius 1 is 1.16 bits per heavy atom. The lowest BCUT2D eigenvalue weighted by atomic mass is 9.81. The van der Waals surface area contributed by atoms with Crippen molar-refractivity contribution < 1.29 is 28.7 Å². The molecule has 2 fully saturated rings. The van der Waals surface area contributed by atoms with Gasteiger partial charge < -0.3 is 14.4 Å². The van der Waals surface area contributed by atoms with E-state index < -0.39 is 29.3 Å². The number of amidine groups is 1. The summed E-state index contributed by atoms with van der Waals surface area (Å²) in [5.41, 5.74) is 0.109. The molecule has 2 amide bonds. The smallest absolute Gasteiger partial charge is 0.337 e. The Kier molecular flexibility index (Phi) is 5.74. The number of amides is 2. The molecule has 3 aliphatic heterocycles. The first kappa shape index (κ1) is 22.3. The second kappa shape index (κ2) is 8.23. The molecule has 3 aliphatic rings. The number of carbonyl (C=O) groups excluding carboxylic acids is 4. The number of benzene rings is 1. The van der Waals surface area contributed by atoms with E-state index in [1.165, 1.54) is 30.9 Å². The van der Waals surface area contributed by atoms with Gasteiger partial charge in [0.05, 0.1) is 44.2 Å². The number of methoxy groups -OCH3 is 2. The van der Waals surface area contributed by atoms with Crippen LogP contribution in [-0.4, -0.2) is 77.6 Å². The highest BCUT2D eigenvalue weighted by Crippen LogP contribution is 2.52. The number of esters is 2. The lowest BCUT2D eigenvalue weighted by Crippen LogP contribution is -2.57. The minimum atomic E-state index is -1.31.